The molecule has 0 radical (unpaired) electrons. The van der Waals surface area contributed by atoms with Crippen molar-refractivity contribution in [2.24, 2.45) is 9.98 Å². The Morgan fingerprint density at radius 2 is 1.40 bits per heavy atom. The minimum Gasteiger partial charge on any atom is -0.508 e. The van der Waals surface area contributed by atoms with E-state index in [-0.39, 0.29) is 11.7 Å². The summed E-state index contributed by atoms with van der Waals surface area (Å²) >= 11 is 3.49. The first-order valence-corrected chi connectivity index (χ1v) is 20.2. The van der Waals surface area contributed by atoms with Crippen molar-refractivity contribution in [2.75, 3.05) is 50.2 Å². The molecule has 4 aromatic carbocycles. The van der Waals surface area contributed by atoms with Gasteiger partial charge in [0.05, 0.1) is 33.0 Å². The van der Waals surface area contributed by atoms with Crippen molar-refractivity contribution in [3.63, 3.8) is 0 Å². The number of guanidine groups is 1. The van der Waals surface area contributed by atoms with Crippen LogP contribution in [0.2, 0.25) is 0 Å². The fourth-order valence-electron chi connectivity index (χ4n) is 4.87. The average molecular weight is 841 g/mol. The van der Waals surface area contributed by atoms with E-state index in [4.69, 9.17) is 9.47 Å². The summed E-state index contributed by atoms with van der Waals surface area (Å²) in [5.74, 6) is 1.45. The number of phenols is 1. The Bertz CT molecular complexity index is 1850. The summed E-state index contributed by atoms with van der Waals surface area (Å²) in [6.07, 6.45) is 5.73. The first-order valence-electron chi connectivity index (χ1n) is 19.4. The number of allylic oxidation sites excluding steroid dienone is 1. The molecule has 0 atom stereocenters. The van der Waals surface area contributed by atoms with Crippen LogP contribution in [0.3, 0.4) is 0 Å². The number of rotatable bonds is 20. The molecule has 0 aliphatic heterocycles. The quantitative estimate of drug-likeness (QED) is 0.0224. The average Bonchev–Trinajstić information content (AvgIpc) is 3.22. The van der Waals surface area contributed by atoms with Crippen molar-refractivity contribution in [2.45, 2.75) is 53.5 Å². The lowest BCUT2D eigenvalue weighted by molar-refractivity contribution is 0.0512. The molecule has 0 bridgehead atoms. The number of hydrogen-bond donors (Lipinski definition) is 6. The van der Waals surface area contributed by atoms with Crippen LogP contribution in [0, 0.1) is 0 Å². The Labute approximate surface area is 346 Å². The normalized spacial score (nSPS) is 11.6. The molecule has 4 rings (SSSR count). The monoisotopic (exact) mass is 839 g/mol. The highest BCUT2D eigenvalue weighted by Crippen LogP contribution is 2.19. The molecular formula is C45H58BrN7O4. The maximum atomic E-state index is 12.1. The topological polar surface area (TPSA) is 141 Å². The van der Waals surface area contributed by atoms with E-state index in [1.165, 1.54) is 18.4 Å². The number of anilines is 2. The molecule has 12 heteroatoms. The molecule has 0 aliphatic rings. The van der Waals surface area contributed by atoms with E-state index in [9.17, 15) is 9.90 Å². The zero-order valence-corrected chi connectivity index (χ0v) is 35.2. The number of amides is 1. The van der Waals surface area contributed by atoms with Crippen LogP contribution < -0.4 is 26.6 Å². The molecule has 57 heavy (non-hydrogen) atoms. The molecule has 0 unspecified atom stereocenters. The third-order valence-electron chi connectivity index (χ3n) is 7.98. The Morgan fingerprint density at radius 3 is 2.05 bits per heavy atom. The SMILES string of the molecule is C=C(NC(=NC(C)=NCCOCCOCCNC(=O)c1ccccc1)Nc1ccc(O)cc1)Nc1ccc(/C(=C/CC)NCc2ccc(Br)cc2)cc1.CCCC. The second-order valence-corrected chi connectivity index (χ2v) is 13.6. The van der Waals surface area contributed by atoms with Crippen LogP contribution in [0.15, 0.2) is 136 Å². The third-order valence-corrected chi connectivity index (χ3v) is 8.51. The number of aliphatic imine (C=N–C) groups is 2. The minimum absolute atomic E-state index is 0.125. The van der Waals surface area contributed by atoms with E-state index >= 15 is 0 Å². The van der Waals surface area contributed by atoms with E-state index in [2.05, 4.69) is 110 Å². The van der Waals surface area contributed by atoms with Gasteiger partial charge in [0.1, 0.15) is 17.4 Å². The molecule has 304 valence electrons. The number of phenolic OH excluding ortho intramolecular Hbond substituents is 1. The van der Waals surface area contributed by atoms with Gasteiger partial charge in [-0.2, -0.15) is 0 Å². The van der Waals surface area contributed by atoms with Gasteiger partial charge in [-0.15, -0.1) is 0 Å². The number of carbonyl (C=O) groups excluding carboxylic acids is 1. The van der Waals surface area contributed by atoms with Crippen LogP contribution in [0.4, 0.5) is 11.4 Å². The number of aromatic hydroxyl groups is 1. The van der Waals surface area contributed by atoms with Crippen molar-refractivity contribution in [1.82, 2.24) is 16.0 Å². The van der Waals surface area contributed by atoms with Crippen LogP contribution in [0.1, 0.15) is 68.4 Å². The summed E-state index contributed by atoms with van der Waals surface area (Å²) in [6.45, 7) is 15.6. The van der Waals surface area contributed by atoms with Crippen LogP contribution in [0.5, 0.6) is 5.75 Å². The number of ether oxygens (including phenoxy) is 2. The highest BCUT2D eigenvalue weighted by atomic mass is 79.9. The molecule has 0 saturated heterocycles. The number of halogens is 1. The number of amidine groups is 1. The number of unbranched alkanes of at least 4 members (excludes halogenated alkanes) is 1. The van der Waals surface area contributed by atoms with E-state index in [1.807, 2.05) is 42.5 Å². The first-order chi connectivity index (χ1) is 27.7. The molecule has 0 fully saturated rings. The molecule has 4 aromatic rings. The highest BCUT2D eigenvalue weighted by molar-refractivity contribution is 9.10. The molecule has 0 spiro atoms. The number of nitrogens with one attached hydrogen (secondary N) is 5. The molecule has 6 N–H and O–H groups in total. The van der Waals surface area contributed by atoms with E-state index in [0.29, 0.717) is 68.4 Å². The van der Waals surface area contributed by atoms with Crippen molar-refractivity contribution >= 4 is 50.7 Å². The summed E-state index contributed by atoms with van der Waals surface area (Å²) in [5.41, 5.74) is 5.53. The number of benzene rings is 4. The van der Waals surface area contributed by atoms with Gasteiger partial charge < -0.3 is 41.2 Å². The van der Waals surface area contributed by atoms with Gasteiger partial charge in [-0.1, -0.05) is 105 Å². The summed E-state index contributed by atoms with van der Waals surface area (Å²) in [7, 11) is 0. The van der Waals surface area contributed by atoms with Gasteiger partial charge >= 0.3 is 0 Å². The molecule has 0 aromatic heterocycles. The van der Waals surface area contributed by atoms with Crippen LogP contribution in [-0.4, -0.2) is 62.3 Å². The summed E-state index contributed by atoms with van der Waals surface area (Å²) < 4.78 is 12.2. The van der Waals surface area contributed by atoms with Gasteiger partial charge in [-0.3, -0.25) is 9.79 Å². The van der Waals surface area contributed by atoms with Gasteiger partial charge in [0, 0.05) is 40.2 Å². The number of carbonyl (C=O) groups is 1. The van der Waals surface area contributed by atoms with Crippen molar-refractivity contribution < 1.29 is 19.4 Å². The Kier molecular flexibility index (Phi) is 21.9. The molecule has 0 aliphatic carbocycles. The lowest BCUT2D eigenvalue weighted by Crippen LogP contribution is -2.33. The predicted molar refractivity (Wildman–Crippen MR) is 240 cm³/mol. The maximum absolute atomic E-state index is 12.1. The Balaban J connectivity index is 0.00000207. The lowest BCUT2D eigenvalue weighted by Gasteiger charge is -2.17. The second kappa shape index (κ2) is 27.2. The second-order valence-electron chi connectivity index (χ2n) is 12.7. The van der Waals surface area contributed by atoms with Crippen LogP contribution in [-0.2, 0) is 16.0 Å². The molecule has 1 amide bonds. The Morgan fingerprint density at radius 1 is 0.772 bits per heavy atom. The largest absolute Gasteiger partial charge is 0.508 e. The number of hydrogen-bond acceptors (Lipinski definition) is 7. The zero-order valence-electron chi connectivity index (χ0n) is 33.6. The standard InChI is InChI=1S/C41H48BrN7O4.C4H10/c1-4-8-39(45-29-32-11-15-35(42)16-12-32)33-13-17-36(18-14-33)46-31(3)48-41(49-37-19-21-38(50)22-20-37)47-30(2)43-23-25-52-27-28-53-26-24-44-40(51)34-9-6-5-7-10-34;1-3-4-2/h5-22,45-46,50H,3-4,23-29H2,1-2H3,(H,44,51)(H2,43,47,48,49);3-4H2,1-2H3/b39-8-;. The van der Waals surface area contributed by atoms with E-state index in [1.54, 1.807) is 43.3 Å². The summed E-state index contributed by atoms with van der Waals surface area (Å²) in [6, 6.07) is 32.1. The smallest absolute Gasteiger partial charge is 0.251 e. The van der Waals surface area contributed by atoms with E-state index < -0.39 is 0 Å². The van der Waals surface area contributed by atoms with Crippen molar-refractivity contribution in [1.29, 1.82) is 0 Å². The van der Waals surface area contributed by atoms with Crippen molar-refractivity contribution in [3.8, 4) is 5.75 Å². The molecule has 0 saturated carbocycles. The van der Waals surface area contributed by atoms with Gasteiger partial charge in [0.15, 0.2) is 0 Å². The third kappa shape index (κ3) is 19.3. The lowest BCUT2D eigenvalue weighted by atomic mass is 10.1. The van der Waals surface area contributed by atoms with Crippen molar-refractivity contribution in [3.05, 3.63) is 143 Å². The van der Waals surface area contributed by atoms with E-state index in [0.717, 1.165) is 34.4 Å². The molecular weight excluding hydrogens is 782 g/mol. The minimum atomic E-state index is -0.125. The summed E-state index contributed by atoms with van der Waals surface area (Å²) in [5, 5.41) is 25.8. The fourth-order valence-corrected chi connectivity index (χ4v) is 5.13. The fraction of sp³-hybridized carbons (Fsp3) is 0.311. The number of nitrogens with zero attached hydrogens (tertiary/aromatic N) is 2. The zero-order chi connectivity index (χ0) is 41.1. The maximum Gasteiger partial charge on any atom is 0.251 e. The summed E-state index contributed by atoms with van der Waals surface area (Å²) in [4.78, 5) is 21.2. The van der Waals surface area contributed by atoms with Crippen LogP contribution in [0.25, 0.3) is 5.70 Å². The van der Waals surface area contributed by atoms with Gasteiger partial charge in [0.25, 0.3) is 5.91 Å². The highest BCUT2D eigenvalue weighted by Gasteiger charge is 2.07. The van der Waals surface area contributed by atoms with Crippen LogP contribution >= 0.6 is 15.9 Å². The van der Waals surface area contributed by atoms with Gasteiger partial charge in [0.2, 0.25) is 5.96 Å². The molecule has 11 nitrogen and oxygen atoms in total. The first kappa shape index (κ1) is 46.0. The van der Waals surface area contributed by atoms with Gasteiger partial charge in [-0.05, 0) is 85.1 Å². The molecule has 0 heterocycles. The predicted octanol–water partition coefficient (Wildman–Crippen LogP) is 9.32. The Hall–Kier alpha value is -5.43. The van der Waals surface area contributed by atoms with Gasteiger partial charge in [-0.25, -0.2) is 4.99 Å².